The van der Waals surface area contributed by atoms with Crippen molar-refractivity contribution in [2.24, 2.45) is 0 Å². The highest BCUT2D eigenvalue weighted by Gasteiger charge is 2.19. The van der Waals surface area contributed by atoms with Crippen LogP contribution in [0.15, 0.2) is 0 Å². The van der Waals surface area contributed by atoms with Crippen molar-refractivity contribution in [2.45, 2.75) is 32.8 Å². The quantitative estimate of drug-likeness (QED) is 0.177. The van der Waals surface area contributed by atoms with Crippen molar-refractivity contribution < 1.29 is 47.5 Å². The summed E-state index contributed by atoms with van der Waals surface area (Å²) in [5.74, 6) is -0.288. The van der Waals surface area contributed by atoms with E-state index >= 15 is 0 Å². The van der Waals surface area contributed by atoms with Crippen LogP contribution >= 0.6 is 0 Å². The molecule has 0 aromatic rings. The van der Waals surface area contributed by atoms with Crippen LogP contribution in [0.25, 0.3) is 0 Å². The van der Waals surface area contributed by atoms with E-state index in [1.807, 2.05) is 20.8 Å². The lowest BCUT2D eigenvalue weighted by Gasteiger charge is -2.24. The molecular formula is C22H43NO10. The fourth-order valence-corrected chi connectivity index (χ4v) is 2.09. The van der Waals surface area contributed by atoms with Crippen LogP contribution in [-0.4, -0.2) is 123 Å². The molecule has 0 aliphatic heterocycles. The SMILES string of the molecule is COC(=O)CCOCCOCCOCCOCCOCCOCCN(C)C(=O)OC(C)(C)C. The van der Waals surface area contributed by atoms with E-state index in [1.54, 1.807) is 7.05 Å². The summed E-state index contributed by atoms with van der Waals surface area (Å²) < 4.78 is 42.0. The number of nitrogens with zero attached hydrogens (tertiary/aromatic N) is 1. The van der Waals surface area contributed by atoms with Gasteiger partial charge in [0.05, 0.1) is 92.8 Å². The maximum absolute atomic E-state index is 11.8. The summed E-state index contributed by atoms with van der Waals surface area (Å²) in [6.45, 7) is 11.3. The van der Waals surface area contributed by atoms with Gasteiger partial charge in [0.2, 0.25) is 0 Å². The third kappa shape index (κ3) is 23.5. The zero-order chi connectivity index (χ0) is 24.8. The standard InChI is InChI=1S/C22H43NO10/c1-22(2,3)33-21(25)23(4)7-9-28-11-13-30-15-17-32-19-18-31-16-14-29-12-10-27-8-6-20(24)26-5/h6-19H2,1-5H3. The molecule has 0 aliphatic carbocycles. The molecule has 11 nitrogen and oxygen atoms in total. The molecule has 0 bridgehead atoms. The van der Waals surface area contributed by atoms with Crippen LogP contribution in [-0.2, 0) is 42.7 Å². The van der Waals surface area contributed by atoms with Crippen molar-refractivity contribution in [2.75, 3.05) is 100.0 Å². The van der Waals surface area contributed by atoms with Crippen molar-refractivity contribution in [3.05, 3.63) is 0 Å². The number of hydrogen-bond donors (Lipinski definition) is 0. The summed E-state index contributed by atoms with van der Waals surface area (Å²) >= 11 is 0. The number of methoxy groups -OCH3 is 1. The summed E-state index contributed by atoms with van der Waals surface area (Å²) in [5.41, 5.74) is -0.506. The maximum atomic E-state index is 11.8. The van der Waals surface area contributed by atoms with E-state index in [0.717, 1.165) is 0 Å². The molecule has 0 heterocycles. The molecule has 0 radical (unpaired) electrons. The van der Waals surface area contributed by atoms with E-state index in [2.05, 4.69) is 4.74 Å². The Kier molecular flexibility index (Phi) is 20.1. The second-order valence-corrected chi connectivity index (χ2v) is 7.90. The van der Waals surface area contributed by atoms with Crippen LogP contribution in [0, 0.1) is 0 Å². The van der Waals surface area contributed by atoms with E-state index in [4.69, 9.17) is 33.2 Å². The van der Waals surface area contributed by atoms with Crippen molar-refractivity contribution in [3.8, 4) is 0 Å². The molecule has 0 aromatic heterocycles. The first-order valence-electron chi connectivity index (χ1n) is 11.2. The molecule has 0 saturated carbocycles. The average Bonchev–Trinajstić information content (AvgIpc) is 2.76. The Balaban J connectivity index is 3.23. The van der Waals surface area contributed by atoms with Gasteiger partial charge in [0.1, 0.15) is 5.60 Å². The third-order valence-corrected chi connectivity index (χ3v) is 3.81. The van der Waals surface area contributed by atoms with Gasteiger partial charge < -0.3 is 42.8 Å². The van der Waals surface area contributed by atoms with Gasteiger partial charge in [0.25, 0.3) is 0 Å². The molecule has 0 fully saturated rings. The number of carbonyl (C=O) groups is 2. The Morgan fingerprint density at radius 2 is 1.00 bits per heavy atom. The van der Waals surface area contributed by atoms with Crippen molar-refractivity contribution in [3.63, 3.8) is 0 Å². The topological polar surface area (TPSA) is 111 Å². The summed E-state index contributed by atoms with van der Waals surface area (Å²) in [6.07, 6.45) is -0.122. The Hall–Kier alpha value is -1.50. The van der Waals surface area contributed by atoms with Crippen LogP contribution in [0.1, 0.15) is 27.2 Å². The molecular weight excluding hydrogens is 438 g/mol. The smallest absolute Gasteiger partial charge is 0.410 e. The molecule has 196 valence electrons. The average molecular weight is 482 g/mol. The summed E-state index contributed by atoms with van der Waals surface area (Å²) in [6, 6.07) is 0. The van der Waals surface area contributed by atoms with Crippen molar-refractivity contribution >= 4 is 12.1 Å². The molecule has 11 heteroatoms. The first kappa shape index (κ1) is 31.5. The van der Waals surface area contributed by atoms with Crippen LogP contribution < -0.4 is 0 Å². The number of carbonyl (C=O) groups excluding carboxylic acids is 2. The molecule has 0 unspecified atom stereocenters. The highest BCUT2D eigenvalue weighted by molar-refractivity contribution is 5.69. The highest BCUT2D eigenvalue weighted by atomic mass is 16.6. The number of amides is 1. The fourth-order valence-electron chi connectivity index (χ4n) is 2.09. The molecule has 0 N–H and O–H groups in total. The molecule has 1 amide bonds. The summed E-state index contributed by atoms with van der Waals surface area (Å²) in [7, 11) is 3.02. The predicted molar refractivity (Wildman–Crippen MR) is 120 cm³/mol. The molecule has 0 aliphatic rings. The van der Waals surface area contributed by atoms with Gasteiger partial charge in [-0.3, -0.25) is 4.79 Å². The van der Waals surface area contributed by atoms with Gasteiger partial charge in [0.15, 0.2) is 0 Å². The van der Waals surface area contributed by atoms with Gasteiger partial charge in [0, 0.05) is 13.6 Å². The third-order valence-electron chi connectivity index (χ3n) is 3.81. The van der Waals surface area contributed by atoms with Crippen LogP contribution in [0.5, 0.6) is 0 Å². The van der Waals surface area contributed by atoms with Gasteiger partial charge in [-0.05, 0) is 20.8 Å². The zero-order valence-electron chi connectivity index (χ0n) is 20.9. The Morgan fingerprint density at radius 3 is 1.36 bits per heavy atom. The normalized spacial score (nSPS) is 11.4. The first-order chi connectivity index (χ1) is 15.8. The molecule has 33 heavy (non-hydrogen) atoms. The Morgan fingerprint density at radius 1 is 0.636 bits per heavy atom. The second-order valence-electron chi connectivity index (χ2n) is 7.90. The minimum Gasteiger partial charge on any atom is -0.469 e. The second kappa shape index (κ2) is 21.1. The van der Waals surface area contributed by atoms with Crippen LogP contribution in [0.4, 0.5) is 4.79 Å². The van der Waals surface area contributed by atoms with Crippen LogP contribution in [0.2, 0.25) is 0 Å². The number of likely N-dealkylation sites (N-methyl/N-ethyl adjacent to an activating group) is 1. The van der Waals surface area contributed by atoms with E-state index in [-0.39, 0.29) is 18.5 Å². The van der Waals surface area contributed by atoms with Gasteiger partial charge in [-0.1, -0.05) is 0 Å². The fraction of sp³-hybridized carbons (Fsp3) is 0.909. The number of rotatable bonds is 21. The van der Waals surface area contributed by atoms with Crippen molar-refractivity contribution in [1.82, 2.24) is 4.90 Å². The van der Waals surface area contributed by atoms with Crippen LogP contribution in [0.3, 0.4) is 0 Å². The number of ether oxygens (including phenoxy) is 8. The van der Waals surface area contributed by atoms with Gasteiger partial charge in [-0.15, -0.1) is 0 Å². The minimum absolute atomic E-state index is 0.244. The van der Waals surface area contributed by atoms with E-state index < -0.39 is 5.60 Å². The van der Waals surface area contributed by atoms with Gasteiger partial charge >= 0.3 is 12.1 Å². The zero-order valence-corrected chi connectivity index (χ0v) is 20.9. The minimum atomic E-state index is -0.506. The van der Waals surface area contributed by atoms with Gasteiger partial charge in [-0.2, -0.15) is 0 Å². The van der Waals surface area contributed by atoms with E-state index in [1.165, 1.54) is 12.0 Å². The van der Waals surface area contributed by atoms with Gasteiger partial charge in [-0.25, -0.2) is 4.79 Å². The van der Waals surface area contributed by atoms with E-state index in [9.17, 15) is 9.59 Å². The number of hydrogen-bond acceptors (Lipinski definition) is 10. The lowest BCUT2D eigenvalue weighted by molar-refractivity contribution is -0.141. The maximum Gasteiger partial charge on any atom is 0.410 e. The lowest BCUT2D eigenvalue weighted by atomic mass is 10.2. The molecule has 0 spiro atoms. The number of esters is 1. The summed E-state index contributed by atoms with van der Waals surface area (Å²) in [4.78, 5) is 24.1. The monoisotopic (exact) mass is 481 g/mol. The Bertz CT molecular complexity index is 484. The predicted octanol–water partition coefficient (Wildman–Crippen LogP) is 1.52. The lowest BCUT2D eigenvalue weighted by Crippen LogP contribution is -2.36. The first-order valence-corrected chi connectivity index (χ1v) is 11.2. The largest absolute Gasteiger partial charge is 0.469 e. The molecule has 0 rings (SSSR count). The molecule has 0 saturated heterocycles. The molecule has 0 atom stereocenters. The van der Waals surface area contributed by atoms with E-state index in [0.29, 0.717) is 85.8 Å². The highest BCUT2D eigenvalue weighted by Crippen LogP contribution is 2.08. The summed E-state index contributed by atoms with van der Waals surface area (Å²) in [5, 5.41) is 0. The molecule has 0 aromatic carbocycles. The van der Waals surface area contributed by atoms with Crippen molar-refractivity contribution in [1.29, 1.82) is 0 Å². The Labute approximate surface area is 197 Å².